The van der Waals surface area contributed by atoms with Crippen LogP contribution in [0.3, 0.4) is 0 Å². The van der Waals surface area contributed by atoms with Crippen molar-refractivity contribution < 1.29 is 47.8 Å². The molecule has 0 saturated heterocycles. The summed E-state index contributed by atoms with van der Waals surface area (Å²) < 4.78 is 32.6. The van der Waals surface area contributed by atoms with E-state index in [1.807, 2.05) is 0 Å². The number of phosphoric ester groups is 1. The molecule has 0 amide bonds. The van der Waals surface area contributed by atoms with Crippen LogP contribution in [0.4, 0.5) is 0 Å². The average Bonchev–Trinajstić information content (AvgIpc) is 3.10. The van der Waals surface area contributed by atoms with Crippen LogP contribution in [0.5, 0.6) is 0 Å². The predicted octanol–water partition coefficient (Wildman–Crippen LogP) is 9.61. The number of aliphatic hydroxyl groups excluding tert-OH is 2. The van der Waals surface area contributed by atoms with Gasteiger partial charge in [0.2, 0.25) is 0 Å². The largest absolute Gasteiger partial charge is 0.472 e. The van der Waals surface area contributed by atoms with Crippen LogP contribution in [-0.2, 0) is 32.7 Å². The van der Waals surface area contributed by atoms with Crippen LogP contribution in [0.2, 0.25) is 0 Å². The quantitative estimate of drug-likeness (QED) is 0.0187. The van der Waals surface area contributed by atoms with E-state index in [9.17, 15) is 24.2 Å². The minimum absolute atomic E-state index is 0.170. The lowest BCUT2D eigenvalue weighted by Gasteiger charge is -2.20. The second-order valence-corrected chi connectivity index (χ2v) is 14.4. The second-order valence-electron chi connectivity index (χ2n) is 13.0. The lowest BCUT2D eigenvalue weighted by Crippen LogP contribution is -2.29. The van der Waals surface area contributed by atoms with Gasteiger partial charge in [0.05, 0.1) is 19.8 Å². The Morgan fingerprint density at radius 2 is 1.04 bits per heavy atom. The molecule has 292 valence electrons. The van der Waals surface area contributed by atoms with E-state index < -0.39 is 51.8 Å². The normalized spacial score (nSPS) is 14.4. The Morgan fingerprint density at radius 3 is 1.60 bits per heavy atom. The highest BCUT2D eigenvalue weighted by Crippen LogP contribution is 2.43. The molecule has 0 bridgehead atoms. The van der Waals surface area contributed by atoms with Gasteiger partial charge in [-0.05, 0) is 64.2 Å². The van der Waals surface area contributed by atoms with E-state index in [4.69, 9.17) is 19.1 Å². The number of phosphoric acid groups is 1. The Bertz CT molecular complexity index is 936. The van der Waals surface area contributed by atoms with Crippen molar-refractivity contribution in [3.63, 3.8) is 0 Å². The summed E-state index contributed by atoms with van der Waals surface area (Å²) in [6.45, 7) is 2.29. The second kappa shape index (κ2) is 35.6. The maximum Gasteiger partial charge on any atom is 0.472 e. The highest BCUT2D eigenvalue weighted by atomic mass is 31.2. The molecule has 1 unspecified atom stereocenters. The van der Waals surface area contributed by atoms with Crippen LogP contribution in [0, 0.1) is 0 Å². The number of hydrogen-bond acceptors (Lipinski definition) is 9. The minimum Gasteiger partial charge on any atom is -0.462 e. The molecule has 0 rings (SSSR count). The summed E-state index contributed by atoms with van der Waals surface area (Å²) in [7, 11) is -4.62. The van der Waals surface area contributed by atoms with Gasteiger partial charge in [-0.25, -0.2) is 4.57 Å². The number of esters is 2. The highest BCUT2D eigenvalue weighted by Gasteiger charge is 2.27. The highest BCUT2D eigenvalue weighted by molar-refractivity contribution is 7.47. The van der Waals surface area contributed by atoms with Gasteiger partial charge in [0.25, 0.3) is 0 Å². The van der Waals surface area contributed by atoms with E-state index >= 15 is 0 Å². The van der Waals surface area contributed by atoms with E-state index in [2.05, 4.69) is 54.8 Å². The predicted molar refractivity (Wildman–Crippen MR) is 201 cm³/mol. The van der Waals surface area contributed by atoms with Gasteiger partial charge in [-0.15, -0.1) is 0 Å². The summed E-state index contributed by atoms with van der Waals surface area (Å²) in [5.41, 5.74) is 0. The van der Waals surface area contributed by atoms with E-state index in [1.165, 1.54) is 44.9 Å². The first kappa shape index (κ1) is 48.2. The molecule has 0 heterocycles. The third-order valence-electron chi connectivity index (χ3n) is 8.04. The van der Waals surface area contributed by atoms with E-state index in [0.717, 1.165) is 77.0 Å². The summed E-state index contributed by atoms with van der Waals surface area (Å²) in [5.74, 6) is -0.955. The number of allylic oxidation sites excluding steroid dienone is 6. The first-order chi connectivity index (χ1) is 24.2. The van der Waals surface area contributed by atoms with Crippen LogP contribution in [-0.4, -0.2) is 65.7 Å². The Balaban J connectivity index is 4.40. The van der Waals surface area contributed by atoms with Crippen molar-refractivity contribution in [2.45, 2.75) is 174 Å². The van der Waals surface area contributed by atoms with Gasteiger partial charge in [-0.1, -0.05) is 121 Å². The van der Waals surface area contributed by atoms with Gasteiger partial charge in [0.15, 0.2) is 6.10 Å². The van der Waals surface area contributed by atoms with Crippen LogP contribution in [0.1, 0.15) is 162 Å². The first-order valence-corrected chi connectivity index (χ1v) is 21.0. The average molecular weight is 731 g/mol. The van der Waals surface area contributed by atoms with Crippen molar-refractivity contribution in [3.05, 3.63) is 36.5 Å². The molecule has 0 fully saturated rings. The minimum atomic E-state index is -4.62. The van der Waals surface area contributed by atoms with Gasteiger partial charge < -0.3 is 24.6 Å². The Kier molecular flexibility index (Phi) is 34.3. The zero-order valence-corrected chi connectivity index (χ0v) is 32.3. The monoisotopic (exact) mass is 730 g/mol. The summed E-state index contributed by atoms with van der Waals surface area (Å²) in [4.78, 5) is 34.8. The molecule has 0 aliphatic rings. The van der Waals surface area contributed by atoms with Crippen molar-refractivity contribution in [2.75, 3.05) is 26.4 Å². The van der Waals surface area contributed by atoms with Crippen LogP contribution in [0.15, 0.2) is 36.5 Å². The van der Waals surface area contributed by atoms with Gasteiger partial charge in [-0.2, -0.15) is 0 Å². The number of carbonyl (C=O) groups is 2. The summed E-state index contributed by atoms with van der Waals surface area (Å²) in [5, 5.41) is 18.3. The zero-order valence-electron chi connectivity index (χ0n) is 31.4. The van der Waals surface area contributed by atoms with Gasteiger partial charge in [0, 0.05) is 12.8 Å². The number of unbranched alkanes of at least 4 members (excludes halogenated alkanes) is 17. The lowest BCUT2D eigenvalue weighted by atomic mass is 10.1. The topological polar surface area (TPSA) is 149 Å². The molecule has 0 spiro atoms. The molecule has 3 atom stereocenters. The van der Waals surface area contributed by atoms with E-state index in [1.54, 1.807) is 0 Å². The molecule has 0 aliphatic carbocycles. The molecule has 3 N–H and O–H groups in total. The molecule has 0 radical (unpaired) electrons. The van der Waals surface area contributed by atoms with Gasteiger partial charge >= 0.3 is 19.8 Å². The Hall–Kier alpha value is -1.81. The third-order valence-corrected chi connectivity index (χ3v) is 9.00. The smallest absolute Gasteiger partial charge is 0.462 e. The van der Waals surface area contributed by atoms with Crippen molar-refractivity contribution in [1.82, 2.24) is 0 Å². The number of rotatable bonds is 36. The number of hydrogen-bond donors (Lipinski definition) is 3. The summed E-state index contributed by atoms with van der Waals surface area (Å²) in [6.07, 6.45) is 34.0. The van der Waals surface area contributed by atoms with Crippen molar-refractivity contribution in [3.8, 4) is 0 Å². The summed E-state index contributed by atoms with van der Waals surface area (Å²) in [6, 6.07) is 0. The van der Waals surface area contributed by atoms with Gasteiger partial charge in [-0.3, -0.25) is 18.6 Å². The zero-order chi connectivity index (χ0) is 37.0. The molecular formula is C39H71O10P. The summed E-state index contributed by atoms with van der Waals surface area (Å²) >= 11 is 0. The van der Waals surface area contributed by atoms with Crippen molar-refractivity contribution in [1.29, 1.82) is 0 Å². The molecule has 10 nitrogen and oxygen atoms in total. The lowest BCUT2D eigenvalue weighted by molar-refractivity contribution is -0.161. The van der Waals surface area contributed by atoms with Crippen molar-refractivity contribution in [2.24, 2.45) is 0 Å². The Labute approximate surface area is 303 Å². The fourth-order valence-electron chi connectivity index (χ4n) is 4.98. The van der Waals surface area contributed by atoms with Gasteiger partial charge in [0.1, 0.15) is 12.7 Å². The first-order valence-electron chi connectivity index (χ1n) is 19.5. The fraction of sp³-hybridized carbons (Fsp3) is 0.795. The number of aliphatic hydroxyl groups is 2. The Morgan fingerprint density at radius 1 is 0.600 bits per heavy atom. The molecule has 0 aromatic rings. The number of carbonyl (C=O) groups excluding carboxylic acids is 2. The van der Waals surface area contributed by atoms with E-state index in [0.29, 0.717) is 12.8 Å². The number of ether oxygens (including phenoxy) is 2. The molecular weight excluding hydrogens is 659 g/mol. The maximum atomic E-state index is 12.5. The molecule has 0 aliphatic heterocycles. The molecule has 50 heavy (non-hydrogen) atoms. The van der Waals surface area contributed by atoms with Crippen LogP contribution < -0.4 is 0 Å². The van der Waals surface area contributed by atoms with Crippen LogP contribution in [0.25, 0.3) is 0 Å². The fourth-order valence-corrected chi connectivity index (χ4v) is 5.77. The molecule has 0 aromatic heterocycles. The SMILES string of the molecule is CCCCC/C=C/CCCCCCCC(=O)O[C@H](COC(=O)CCCCCCC/C=C/C=C/CCCCCC)COP(=O)(O)OC[C@@H](O)CO. The van der Waals surface area contributed by atoms with E-state index in [-0.39, 0.29) is 19.4 Å². The maximum absolute atomic E-state index is 12.5. The molecule has 11 heteroatoms. The van der Waals surface area contributed by atoms with Crippen molar-refractivity contribution >= 4 is 19.8 Å². The molecule has 0 saturated carbocycles. The molecule has 0 aromatic carbocycles. The van der Waals surface area contributed by atoms with Crippen LogP contribution >= 0.6 is 7.82 Å². The standard InChI is InChI=1S/C39H71O10P/c1-3-5-7-9-11-13-15-17-18-19-21-22-24-26-28-30-38(42)46-34-37(35-48-50(44,45)47-33-36(41)32-40)49-39(43)31-29-27-25-23-20-16-14-12-10-8-6-4-2/h12-15,17-18,36-37,40-41H,3-11,16,19-35H2,1-2H3,(H,44,45)/b14-12+,15-13+,18-17+/t36-,37+/m0/s1. The third kappa shape index (κ3) is 34.6.